The van der Waals surface area contributed by atoms with E-state index in [0.29, 0.717) is 29.4 Å². The summed E-state index contributed by atoms with van der Waals surface area (Å²) < 4.78 is 10.5. The number of carbonyl (C=O) groups excluding carboxylic acids is 1. The van der Waals surface area contributed by atoms with Crippen LogP contribution in [0.2, 0.25) is 0 Å². The molecule has 1 heterocycles. The van der Waals surface area contributed by atoms with Gasteiger partial charge in [-0.2, -0.15) is 10.2 Å². The number of benzene rings is 2. The molecule has 1 N–H and O–H groups in total. The zero-order valence-electron chi connectivity index (χ0n) is 13.9. The molecule has 3 aromatic rings. The van der Waals surface area contributed by atoms with Gasteiger partial charge in [-0.05, 0) is 29.8 Å². The van der Waals surface area contributed by atoms with Gasteiger partial charge in [-0.3, -0.25) is 4.79 Å². The fourth-order valence-corrected chi connectivity index (χ4v) is 2.21. The number of rotatable bonds is 7. The molecule has 0 aliphatic carbocycles. The Hall–Kier alpha value is -3.66. The van der Waals surface area contributed by atoms with Crippen molar-refractivity contribution in [2.75, 3.05) is 6.61 Å². The predicted molar refractivity (Wildman–Crippen MR) is 92.0 cm³/mol. The molecule has 0 radical (unpaired) electrons. The first-order valence-corrected chi connectivity index (χ1v) is 7.98. The van der Waals surface area contributed by atoms with Crippen molar-refractivity contribution in [3.8, 4) is 11.8 Å². The molecule has 0 saturated carbocycles. The van der Waals surface area contributed by atoms with E-state index < -0.39 is 0 Å². The van der Waals surface area contributed by atoms with E-state index in [9.17, 15) is 4.79 Å². The maximum absolute atomic E-state index is 11.8. The quantitative estimate of drug-likeness (QED) is 0.702. The molecule has 0 spiro atoms. The normalized spacial score (nSPS) is 10.1. The van der Waals surface area contributed by atoms with Crippen LogP contribution in [0.5, 0.6) is 5.75 Å². The zero-order valence-corrected chi connectivity index (χ0v) is 13.9. The minimum atomic E-state index is -0.308. The van der Waals surface area contributed by atoms with E-state index in [0.717, 1.165) is 5.56 Å². The molecule has 0 saturated heterocycles. The van der Waals surface area contributed by atoms with Gasteiger partial charge in [0.2, 0.25) is 5.89 Å². The van der Waals surface area contributed by atoms with Gasteiger partial charge in [0.1, 0.15) is 5.75 Å². The molecule has 0 atom stereocenters. The number of hydrogen-bond donors (Lipinski definition) is 1. The Morgan fingerprint density at radius 1 is 1.15 bits per heavy atom. The highest BCUT2D eigenvalue weighted by Gasteiger charge is 2.09. The molecule has 2 aromatic carbocycles. The van der Waals surface area contributed by atoms with Crippen LogP contribution in [-0.4, -0.2) is 22.7 Å². The molecular formula is C19H16N4O3. The SMILES string of the molecule is N#Cc1ccc(OCC(=O)NCc2nc(Cc3ccccc3)no2)cc1. The summed E-state index contributed by atoms with van der Waals surface area (Å²) in [6.45, 7) is -0.00569. The highest BCUT2D eigenvalue weighted by Crippen LogP contribution is 2.11. The van der Waals surface area contributed by atoms with E-state index in [4.69, 9.17) is 14.5 Å². The Morgan fingerprint density at radius 3 is 2.65 bits per heavy atom. The number of hydrogen-bond acceptors (Lipinski definition) is 6. The zero-order chi connectivity index (χ0) is 18.2. The maximum Gasteiger partial charge on any atom is 0.258 e. The molecule has 130 valence electrons. The lowest BCUT2D eigenvalue weighted by atomic mass is 10.1. The minimum Gasteiger partial charge on any atom is -0.484 e. The fraction of sp³-hybridized carbons (Fsp3) is 0.158. The summed E-state index contributed by atoms with van der Waals surface area (Å²) >= 11 is 0. The summed E-state index contributed by atoms with van der Waals surface area (Å²) in [4.78, 5) is 16.1. The number of amides is 1. The number of carbonyl (C=O) groups is 1. The van der Waals surface area contributed by atoms with Crippen molar-refractivity contribution >= 4 is 5.91 Å². The van der Waals surface area contributed by atoms with Crippen LogP contribution < -0.4 is 10.1 Å². The average molecular weight is 348 g/mol. The summed E-state index contributed by atoms with van der Waals surface area (Å²) in [6.07, 6.45) is 0.570. The molecule has 0 aliphatic heterocycles. The van der Waals surface area contributed by atoms with Gasteiger partial charge in [-0.15, -0.1) is 0 Å². The molecular weight excluding hydrogens is 332 g/mol. The van der Waals surface area contributed by atoms with Crippen molar-refractivity contribution in [2.24, 2.45) is 0 Å². The number of nitriles is 1. The molecule has 1 aromatic heterocycles. The van der Waals surface area contributed by atoms with Gasteiger partial charge >= 0.3 is 0 Å². The number of nitrogens with one attached hydrogen (secondary N) is 1. The van der Waals surface area contributed by atoms with E-state index in [-0.39, 0.29) is 19.1 Å². The number of nitrogens with zero attached hydrogens (tertiary/aromatic N) is 3. The van der Waals surface area contributed by atoms with Crippen molar-refractivity contribution in [2.45, 2.75) is 13.0 Å². The van der Waals surface area contributed by atoms with Crippen LogP contribution in [0.4, 0.5) is 0 Å². The highest BCUT2D eigenvalue weighted by molar-refractivity contribution is 5.77. The third kappa shape index (κ3) is 4.92. The Labute approximate surface area is 150 Å². The third-order valence-corrected chi connectivity index (χ3v) is 3.51. The second-order valence-corrected chi connectivity index (χ2v) is 5.47. The molecule has 0 aliphatic rings. The van der Waals surface area contributed by atoms with Crippen LogP contribution in [-0.2, 0) is 17.8 Å². The number of aromatic nitrogens is 2. The second-order valence-electron chi connectivity index (χ2n) is 5.47. The summed E-state index contributed by atoms with van der Waals surface area (Å²) in [5.74, 6) is 1.11. The first kappa shape index (κ1) is 17.2. The van der Waals surface area contributed by atoms with Crippen molar-refractivity contribution in [1.82, 2.24) is 15.5 Å². The largest absolute Gasteiger partial charge is 0.484 e. The summed E-state index contributed by atoms with van der Waals surface area (Å²) in [5, 5.41) is 15.3. The molecule has 0 bridgehead atoms. The lowest BCUT2D eigenvalue weighted by Crippen LogP contribution is -2.28. The van der Waals surface area contributed by atoms with E-state index in [1.807, 2.05) is 36.4 Å². The highest BCUT2D eigenvalue weighted by atomic mass is 16.5. The smallest absolute Gasteiger partial charge is 0.258 e. The van der Waals surface area contributed by atoms with E-state index in [1.54, 1.807) is 24.3 Å². The fourth-order valence-electron chi connectivity index (χ4n) is 2.21. The lowest BCUT2D eigenvalue weighted by molar-refractivity contribution is -0.123. The maximum atomic E-state index is 11.8. The van der Waals surface area contributed by atoms with Gasteiger partial charge in [-0.25, -0.2) is 0 Å². The van der Waals surface area contributed by atoms with Crippen molar-refractivity contribution in [3.05, 3.63) is 77.4 Å². The molecule has 1 amide bonds. The molecule has 3 rings (SSSR count). The average Bonchev–Trinajstić information content (AvgIpc) is 3.13. The van der Waals surface area contributed by atoms with Gasteiger partial charge < -0.3 is 14.6 Å². The second kappa shape index (κ2) is 8.44. The van der Waals surface area contributed by atoms with E-state index in [2.05, 4.69) is 15.5 Å². The predicted octanol–water partition coefficient (Wildman–Crippen LogP) is 2.23. The van der Waals surface area contributed by atoms with Crippen molar-refractivity contribution in [1.29, 1.82) is 5.26 Å². The Kier molecular flexibility index (Phi) is 5.58. The first-order valence-electron chi connectivity index (χ1n) is 7.98. The topological polar surface area (TPSA) is 101 Å². The van der Waals surface area contributed by atoms with Crippen LogP contribution in [0.15, 0.2) is 59.1 Å². The van der Waals surface area contributed by atoms with Crippen LogP contribution in [0.25, 0.3) is 0 Å². The van der Waals surface area contributed by atoms with Gasteiger partial charge in [0, 0.05) is 6.42 Å². The summed E-state index contributed by atoms with van der Waals surface area (Å²) in [7, 11) is 0. The van der Waals surface area contributed by atoms with Gasteiger partial charge in [0.25, 0.3) is 5.91 Å². The van der Waals surface area contributed by atoms with Crippen molar-refractivity contribution < 1.29 is 14.1 Å². The summed E-state index contributed by atoms with van der Waals surface area (Å²) in [6, 6.07) is 18.4. The Morgan fingerprint density at radius 2 is 1.92 bits per heavy atom. The molecule has 0 unspecified atom stereocenters. The molecule has 7 nitrogen and oxygen atoms in total. The van der Waals surface area contributed by atoms with E-state index >= 15 is 0 Å². The minimum absolute atomic E-state index is 0.136. The van der Waals surface area contributed by atoms with Gasteiger partial charge in [0.05, 0.1) is 18.2 Å². The Bertz CT molecular complexity index is 899. The lowest BCUT2D eigenvalue weighted by Gasteiger charge is -2.05. The molecule has 7 heteroatoms. The van der Waals surface area contributed by atoms with E-state index in [1.165, 1.54) is 0 Å². The van der Waals surface area contributed by atoms with Gasteiger partial charge in [-0.1, -0.05) is 35.5 Å². The molecule has 0 fully saturated rings. The molecule has 26 heavy (non-hydrogen) atoms. The van der Waals surface area contributed by atoms with Crippen LogP contribution >= 0.6 is 0 Å². The monoisotopic (exact) mass is 348 g/mol. The third-order valence-electron chi connectivity index (χ3n) is 3.51. The standard InChI is InChI=1S/C19H16N4O3/c20-11-15-6-8-16(9-7-15)25-13-18(24)21-12-19-22-17(23-26-19)10-14-4-2-1-3-5-14/h1-9H,10,12-13H2,(H,21,24). The Balaban J connectivity index is 1.43. The van der Waals surface area contributed by atoms with Gasteiger partial charge in [0.15, 0.2) is 12.4 Å². The van der Waals surface area contributed by atoms with Crippen LogP contribution in [0, 0.1) is 11.3 Å². The van der Waals surface area contributed by atoms with Crippen molar-refractivity contribution in [3.63, 3.8) is 0 Å². The number of ether oxygens (including phenoxy) is 1. The van der Waals surface area contributed by atoms with Crippen LogP contribution in [0.1, 0.15) is 22.8 Å². The first-order chi connectivity index (χ1) is 12.7. The summed E-state index contributed by atoms with van der Waals surface area (Å²) in [5.41, 5.74) is 1.62. The van der Waals surface area contributed by atoms with Crippen LogP contribution in [0.3, 0.4) is 0 Å².